The quantitative estimate of drug-likeness (QED) is 0.0976. The topological polar surface area (TPSA) is 42.5 Å². The number of hydrogen-bond donors (Lipinski definition) is 0. The van der Waals surface area contributed by atoms with Crippen molar-refractivity contribution in [2.24, 2.45) is 34.0 Å². The molecule has 6 nitrogen and oxygen atoms in total. The summed E-state index contributed by atoms with van der Waals surface area (Å²) < 4.78 is 31.7. The van der Waals surface area contributed by atoms with E-state index in [1.807, 2.05) is 0 Å². The van der Waals surface area contributed by atoms with E-state index in [0.29, 0.717) is 49.2 Å². The third-order valence-electron chi connectivity index (χ3n) is 14.0. The first kappa shape index (κ1) is 48.2. The molecule has 0 spiro atoms. The van der Waals surface area contributed by atoms with E-state index in [-0.39, 0.29) is 16.2 Å². The monoisotopic (exact) mass is 1070 g/mol. The van der Waals surface area contributed by atoms with Crippen LogP contribution in [0.2, 0.25) is 0 Å². The molecule has 0 aliphatic heterocycles. The maximum absolute atomic E-state index is 6.65. The Morgan fingerprint density at radius 2 is 0.672 bits per heavy atom. The van der Waals surface area contributed by atoms with E-state index in [1.54, 1.807) is 0 Å². The van der Waals surface area contributed by atoms with E-state index in [1.165, 1.54) is 42.5 Å². The molecule has 332 valence electrons. The van der Waals surface area contributed by atoms with Gasteiger partial charge in [-0.1, -0.05) is 0 Å². The zero-order valence-corrected chi connectivity index (χ0v) is 50.5. The fourth-order valence-corrected chi connectivity index (χ4v) is 21.1. The molecule has 0 N–H and O–H groups in total. The molecule has 3 heterocycles. The van der Waals surface area contributed by atoms with Gasteiger partial charge in [0, 0.05) is 0 Å². The van der Waals surface area contributed by atoms with Crippen molar-refractivity contribution in [2.75, 3.05) is 0 Å². The molecule has 6 aromatic rings. The minimum atomic E-state index is -3.09. The molecule has 0 amide bonds. The molecule has 0 fully saturated rings. The third-order valence-corrected chi connectivity index (χ3v) is 25.7. The second-order valence-electron chi connectivity index (χ2n) is 22.4. The average molecular weight is 1070 g/mol. The molecule has 6 rings (SSSR count). The van der Waals surface area contributed by atoms with Crippen LogP contribution in [0.1, 0.15) is 123 Å². The van der Waals surface area contributed by atoms with Gasteiger partial charge in [-0.15, -0.1) is 0 Å². The number of fused-ring (bicyclic) bond motifs is 3. The fraction of sp³-hybridized carbons (Fsp3) is 0.529. The summed E-state index contributed by atoms with van der Waals surface area (Å²) in [4.78, 5) is 0. The zero-order valence-electron chi connectivity index (χ0n) is 41.0. The van der Waals surface area contributed by atoms with E-state index in [0.717, 1.165) is 19.3 Å². The number of nitrogens with zero attached hydrogens (tertiary/aromatic N) is 3. The third kappa shape index (κ3) is 9.72. The summed E-state index contributed by atoms with van der Waals surface area (Å²) >= 11 is -3.09. The normalized spacial score (nSPS) is 17.9. The van der Waals surface area contributed by atoms with Crippen LogP contribution < -0.4 is 9.81 Å². The van der Waals surface area contributed by atoms with Crippen LogP contribution in [0.25, 0.3) is 32.7 Å². The zero-order chi connectivity index (χ0) is 45.1. The molecule has 61 heavy (non-hydrogen) atoms. The first-order valence-corrected chi connectivity index (χ1v) is 30.3. The summed E-state index contributed by atoms with van der Waals surface area (Å²) in [5.74, 6) is 0.975. The van der Waals surface area contributed by atoms with Gasteiger partial charge < -0.3 is 0 Å². The molecule has 0 aliphatic rings. The van der Waals surface area contributed by atoms with Gasteiger partial charge in [0.05, 0.1) is 0 Å². The molecular formula is C51H78BiN3O3Si3. The molecule has 0 saturated carbocycles. The van der Waals surface area contributed by atoms with Crippen molar-refractivity contribution in [1.82, 2.24) is 13.7 Å². The van der Waals surface area contributed by atoms with Crippen molar-refractivity contribution < 1.29 is 13.3 Å². The maximum atomic E-state index is 6.65. The van der Waals surface area contributed by atoms with Gasteiger partial charge in [0.1, 0.15) is 0 Å². The van der Waals surface area contributed by atoms with Crippen LogP contribution in [0.15, 0.2) is 91.4 Å². The second-order valence-corrected chi connectivity index (χ2v) is 32.3. The van der Waals surface area contributed by atoms with Crippen LogP contribution in [0.4, 0.5) is 0 Å². The van der Waals surface area contributed by atoms with E-state index >= 15 is 0 Å². The molecule has 0 aliphatic carbocycles. The molecule has 3 aromatic heterocycles. The van der Waals surface area contributed by atoms with Gasteiger partial charge in [-0.25, -0.2) is 0 Å². The number of benzene rings is 3. The van der Waals surface area contributed by atoms with Crippen molar-refractivity contribution >= 4 is 95.7 Å². The van der Waals surface area contributed by atoms with Gasteiger partial charge in [0.25, 0.3) is 0 Å². The Labute approximate surface area is 385 Å². The predicted octanol–water partition coefficient (Wildman–Crippen LogP) is 8.19. The molecule has 10 heteroatoms. The molecule has 0 bridgehead atoms. The summed E-state index contributed by atoms with van der Waals surface area (Å²) in [5, 5.41) is 3.78. The van der Waals surface area contributed by atoms with Gasteiger partial charge in [0.2, 0.25) is 0 Å². The van der Waals surface area contributed by atoms with Crippen molar-refractivity contribution in [3.63, 3.8) is 0 Å². The average Bonchev–Trinajstić information content (AvgIpc) is 3.92. The molecule has 3 aromatic carbocycles. The van der Waals surface area contributed by atoms with Crippen LogP contribution >= 0.6 is 0 Å². The van der Waals surface area contributed by atoms with Crippen LogP contribution in [0.5, 0.6) is 0 Å². The Hall–Kier alpha value is -2.31. The van der Waals surface area contributed by atoms with E-state index in [9.17, 15) is 0 Å². The molecule has 0 radical (unpaired) electrons. The first-order valence-electron chi connectivity index (χ1n) is 22.6. The van der Waals surface area contributed by atoms with Crippen LogP contribution in [-0.2, 0) is 30.5 Å². The molecule has 6 atom stereocenters. The Bertz CT molecular complexity index is 2200. The minimum absolute atomic E-state index is 0.194. The summed E-state index contributed by atoms with van der Waals surface area (Å²) in [6, 6.07) is 28.9. The number of aromatic nitrogens is 3. The Morgan fingerprint density at radius 3 is 0.885 bits per heavy atom. The Balaban J connectivity index is 1.60. The van der Waals surface area contributed by atoms with Crippen LogP contribution in [0, 0.1) is 34.0 Å². The molecular weight excluding hydrogens is 996 g/mol. The Kier molecular flexibility index (Phi) is 13.9. The van der Waals surface area contributed by atoms with Crippen molar-refractivity contribution in [1.29, 1.82) is 0 Å². The van der Waals surface area contributed by atoms with E-state index < -0.39 is 38.9 Å². The summed E-state index contributed by atoms with van der Waals surface area (Å²) in [6.45, 7) is 35.1. The van der Waals surface area contributed by atoms with E-state index in [2.05, 4.69) is 209 Å². The van der Waals surface area contributed by atoms with Gasteiger partial charge >= 0.3 is 388 Å². The summed E-state index contributed by atoms with van der Waals surface area (Å²) in [6.07, 6.45) is 10.0. The summed E-state index contributed by atoms with van der Waals surface area (Å²) in [5.41, 5.74) is 3.01. The second kappa shape index (κ2) is 17.6. The van der Waals surface area contributed by atoms with Crippen molar-refractivity contribution in [3.05, 3.63) is 91.4 Å². The standard InChI is InChI=1S/3C17H26NOSi.Bi/c3*1-13(12-16(2,3)4)17(5,19-20)18-11-10-14-8-6-7-9-15(14)18;/h3*6,8-11,13H,12H2,1-5,20H3;. The number of hydrogen-bond acceptors (Lipinski definition) is 3. The summed E-state index contributed by atoms with van der Waals surface area (Å²) in [7, 11) is 1.97. The van der Waals surface area contributed by atoms with Gasteiger partial charge in [0.15, 0.2) is 0 Å². The van der Waals surface area contributed by atoms with Crippen LogP contribution in [-0.4, -0.2) is 66.9 Å². The SMILES string of the molecule is CC(CC(C)(C)C)C(C)(O[SiH3])n1ccc2cc[c]([Bi]([c]3ccc4ccn(C(C)(O[SiH3])C(C)CC(C)(C)C)c4c3)[c]3ccc4ccn(C(C)(O[SiH3])C(C)CC(C)(C)C)c4c3)cc21. The molecule has 0 saturated heterocycles. The van der Waals surface area contributed by atoms with Gasteiger partial charge in [-0.05, 0) is 0 Å². The van der Waals surface area contributed by atoms with Crippen LogP contribution in [0.3, 0.4) is 0 Å². The Morgan fingerprint density at radius 1 is 0.426 bits per heavy atom. The number of rotatable bonds is 15. The van der Waals surface area contributed by atoms with Gasteiger partial charge in [-0.2, -0.15) is 0 Å². The van der Waals surface area contributed by atoms with Gasteiger partial charge in [-0.3, -0.25) is 0 Å². The van der Waals surface area contributed by atoms with E-state index in [4.69, 9.17) is 13.3 Å². The first-order chi connectivity index (χ1) is 28.3. The fourth-order valence-electron chi connectivity index (χ4n) is 10.3. The predicted molar refractivity (Wildman–Crippen MR) is 274 cm³/mol. The van der Waals surface area contributed by atoms with Crippen molar-refractivity contribution in [2.45, 2.75) is 140 Å². The van der Waals surface area contributed by atoms with Crippen molar-refractivity contribution in [3.8, 4) is 0 Å². The molecule has 6 unspecified atom stereocenters.